The zero-order valence-electron chi connectivity index (χ0n) is 27.2. The highest BCUT2D eigenvalue weighted by atomic mass is 32.2. The molecule has 2 unspecified atom stereocenters. The first-order valence-electron chi connectivity index (χ1n) is 15.3. The maximum absolute atomic E-state index is 14.4. The van der Waals surface area contributed by atoms with Crippen LogP contribution in [0.3, 0.4) is 0 Å². The van der Waals surface area contributed by atoms with E-state index in [2.05, 4.69) is 9.37 Å². The third-order valence-corrected chi connectivity index (χ3v) is 10.2. The van der Waals surface area contributed by atoms with E-state index in [1.165, 1.54) is 21.3 Å². The fourth-order valence-corrected chi connectivity index (χ4v) is 7.92. The lowest BCUT2D eigenvalue weighted by Crippen LogP contribution is -2.33. The van der Waals surface area contributed by atoms with Gasteiger partial charge in [0.1, 0.15) is 0 Å². The van der Waals surface area contributed by atoms with E-state index in [4.69, 9.17) is 5.26 Å². The van der Waals surface area contributed by atoms with Crippen molar-refractivity contribution in [3.05, 3.63) is 80.1 Å². The summed E-state index contributed by atoms with van der Waals surface area (Å²) in [4.78, 5) is 57.2. The fraction of sp³-hybridized carbons (Fsp3) is 0.353. The van der Waals surface area contributed by atoms with Crippen molar-refractivity contribution in [1.82, 2.24) is 9.13 Å². The van der Waals surface area contributed by atoms with Crippen LogP contribution in [0.1, 0.15) is 48.4 Å². The second-order valence-electron chi connectivity index (χ2n) is 12.8. The molecule has 2 heterocycles. The van der Waals surface area contributed by atoms with Crippen LogP contribution in [-0.2, 0) is 19.5 Å². The minimum Gasteiger partial charge on any atom is -0.288 e. The first-order valence-corrected chi connectivity index (χ1v) is 17.8. The molecule has 0 spiro atoms. The highest BCUT2D eigenvalue weighted by Crippen LogP contribution is 2.31. The molecule has 5 rings (SSSR count). The average Bonchev–Trinajstić information content (AvgIpc) is 3.01. The molecule has 254 valence electrons. The summed E-state index contributed by atoms with van der Waals surface area (Å²) in [5, 5.41) is 12.9. The Bertz CT molecular complexity index is 2340. The number of hydrogen-bond donors (Lipinski definition) is 2. The first kappa shape index (κ1) is 35.4. The zero-order valence-corrected chi connectivity index (χ0v) is 28.8. The topological polar surface area (TPSA) is 171 Å². The third-order valence-electron chi connectivity index (χ3n) is 8.76. The molecule has 2 atom stereocenters. The molecule has 0 amide bonds. The highest BCUT2D eigenvalue weighted by Gasteiger charge is 2.32. The molecule has 0 fully saturated rings. The SMILES string of the molecule is Cc1ccc2c(c1)c(=O)c1cc3c(cc1n2C(=O)C(CSOOO)C(C)C)c(=O)c1cc(C)ccc1n3C(=O)C(CS(=O)(=O)O)C(C)C. The number of rotatable bonds is 10. The zero-order chi connectivity index (χ0) is 35.2. The van der Waals surface area contributed by atoms with Crippen molar-refractivity contribution in [3.63, 3.8) is 0 Å². The second kappa shape index (κ2) is 13.5. The number of pyridine rings is 2. The molecule has 3 aromatic carbocycles. The molecular formula is C34H36N2O10S2. The van der Waals surface area contributed by atoms with Crippen LogP contribution in [0.2, 0.25) is 0 Å². The summed E-state index contributed by atoms with van der Waals surface area (Å²) >= 11 is 0.731. The summed E-state index contributed by atoms with van der Waals surface area (Å²) in [5.74, 6) is -4.49. The van der Waals surface area contributed by atoms with Gasteiger partial charge in [-0.3, -0.25) is 32.9 Å². The number of carbonyl (C=O) groups excluding carboxylic acids is 2. The lowest BCUT2D eigenvalue weighted by molar-refractivity contribution is -0.432. The number of aromatic nitrogens is 2. The van der Waals surface area contributed by atoms with Crippen LogP contribution in [0, 0.1) is 37.5 Å². The molecule has 12 nitrogen and oxygen atoms in total. The van der Waals surface area contributed by atoms with Crippen molar-refractivity contribution < 1.29 is 37.2 Å². The summed E-state index contributed by atoms with van der Waals surface area (Å²) < 4.78 is 41.0. The monoisotopic (exact) mass is 696 g/mol. The number of benzene rings is 3. The number of fused-ring (bicyclic) bond motifs is 4. The number of nitrogens with zero attached hydrogens (tertiary/aromatic N) is 2. The summed E-state index contributed by atoms with van der Waals surface area (Å²) in [7, 11) is -4.57. The molecular weight excluding hydrogens is 661 g/mol. The van der Waals surface area contributed by atoms with Gasteiger partial charge in [-0.2, -0.15) is 8.42 Å². The molecule has 0 bridgehead atoms. The van der Waals surface area contributed by atoms with E-state index in [-0.39, 0.29) is 49.8 Å². The summed E-state index contributed by atoms with van der Waals surface area (Å²) in [6, 6.07) is 12.9. The number of carbonyl (C=O) groups is 2. The van der Waals surface area contributed by atoms with E-state index in [0.29, 0.717) is 5.52 Å². The Morgan fingerprint density at radius 1 is 0.729 bits per heavy atom. The van der Waals surface area contributed by atoms with Crippen molar-refractivity contribution in [2.75, 3.05) is 11.5 Å². The maximum Gasteiger partial charge on any atom is 0.265 e. The average molecular weight is 697 g/mol. The van der Waals surface area contributed by atoms with Crippen LogP contribution in [-0.4, -0.2) is 50.7 Å². The van der Waals surface area contributed by atoms with Crippen molar-refractivity contribution in [3.8, 4) is 0 Å². The van der Waals surface area contributed by atoms with Crippen LogP contribution in [0.15, 0.2) is 58.1 Å². The van der Waals surface area contributed by atoms with Crippen LogP contribution in [0.4, 0.5) is 0 Å². The van der Waals surface area contributed by atoms with E-state index in [9.17, 15) is 32.1 Å². The van der Waals surface area contributed by atoms with Gasteiger partial charge in [0.25, 0.3) is 10.1 Å². The third kappa shape index (κ3) is 6.56. The molecule has 0 radical (unpaired) electrons. The molecule has 5 aromatic rings. The minimum atomic E-state index is -4.57. The predicted molar refractivity (Wildman–Crippen MR) is 186 cm³/mol. The van der Waals surface area contributed by atoms with Gasteiger partial charge in [0.2, 0.25) is 11.8 Å². The van der Waals surface area contributed by atoms with Gasteiger partial charge < -0.3 is 0 Å². The Labute approximate surface area is 280 Å². The molecule has 2 aromatic heterocycles. The maximum atomic E-state index is 14.4. The van der Waals surface area contributed by atoms with E-state index < -0.39 is 56.3 Å². The standard InChI is InChI=1S/C34H36N2O10S2/c1-17(2)25(15-47-46-45-41)33(39)35-27-9-7-19(5)11-21(27)31(37)23-14-30-24(13-29(23)35)32(38)22-12-20(6)8-10-28(22)36(30)34(40)26(18(3)4)16-48(42,43)44/h7-14,17-18,25-26,41H,15-16H2,1-6H3,(H,42,43,44). The van der Waals surface area contributed by atoms with E-state index in [0.717, 1.165) is 23.2 Å². The molecule has 0 aliphatic carbocycles. The Morgan fingerprint density at radius 3 is 1.54 bits per heavy atom. The molecule has 0 aliphatic heterocycles. The van der Waals surface area contributed by atoms with Crippen molar-refractivity contribution in [2.45, 2.75) is 41.5 Å². The molecule has 2 N–H and O–H groups in total. The van der Waals surface area contributed by atoms with E-state index in [1.54, 1.807) is 64.1 Å². The number of aryl methyl sites for hydroxylation is 2. The molecule has 0 saturated heterocycles. The van der Waals surface area contributed by atoms with Gasteiger partial charge >= 0.3 is 0 Å². The van der Waals surface area contributed by atoms with E-state index >= 15 is 0 Å². The smallest absolute Gasteiger partial charge is 0.265 e. The lowest BCUT2D eigenvalue weighted by atomic mass is 9.95. The fourth-order valence-electron chi connectivity index (χ4n) is 6.17. The van der Waals surface area contributed by atoms with Gasteiger partial charge in [-0.1, -0.05) is 56.0 Å². The number of hydrogen-bond acceptors (Lipinski definition) is 10. The van der Waals surface area contributed by atoms with E-state index in [1.807, 2.05) is 13.8 Å². The van der Waals surface area contributed by atoms with Crippen molar-refractivity contribution in [1.29, 1.82) is 0 Å². The van der Waals surface area contributed by atoms with Crippen LogP contribution >= 0.6 is 12.0 Å². The second-order valence-corrected chi connectivity index (χ2v) is 15.0. The van der Waals surface area contributed by atoms with Gasteiger partial charge in [0, 0.05) is 39.3 Å². The summed E-state index contributed by atoms with van der Waals surface area (Å²) in [6.07, 6.45) is 0. The van der Waals surface area contributed by atoms with Gasteiger partial charge in [-0.25, -0.2) is 5.26 Å². The quantitative estimate of drug-likeness (QED) is 0.0437. The van der Waals surface area contributed by atoms with Crippen molar-refractivity contribution in [2.24, 2.45) is 23.7 Å². The molecule has 14 heteroatoms. The molecule has 0 saturated carbocycles. The van der Waals surface area contributed by atoms with Crippen LogP contribution in [0.25, 0.3) is 43.6 Å². The van der Waals surface area contributed by atoms with Gasteiger partial charge in [-0.05, 0) is 62.1 Å². The Kier molecular flexibility index (Phi) is 9.98. The Morgan fingerprint density at radius 2 is 1.15 bits per heavy atom. The summed E-state index contributed by atoms with van der Waals surface area (Å²) in [6.45, 7) is 10.6. The highest BCUT2D eigenvalue weighted by molar-refractivity contribution is 7.94. The summed E-state index contributed by atoms with van der Waals surface area (Å²) in [5.41, 5.74) is 1.34. The van der Waals surface area contributed by atoms with Crippen LogP contribution in [0.5, 0.6) is 0 Å². The lowest BCUT2D eigenvalue weighted by Gasteiger charge is -2.24. The van der Waals surface area contributed by atoms with Crippen molar-refractivity contribution >= 4 is 77.6 Å². The van der Waals surface area contributed by atoms with Gasteiger partial charge in [-0.15, -0.1) is 4.33 Å². The Balaban J connectivity index is 1.97. The largest absolute Gasteiger partial charge is 0.288 e. The molecule has 48 heavy (non-hydrogen) atoms. The van der Waals surface area contributed by atoms with Crippen LogP contribution < -0.4 is 10.9 Å². The normalized spacial score (nSPS) is 13.7. The Hall–Kier alpha value is -3.92. The first-order chi connectivity index (χ1) is 22.5. The molecule has 0 aliphatic rings. The predicted octanol–water partition coefficient (Wildman–Crippen LogP) is 6.02. The minimum absolute atomic E-state index is 0.0307. The van der Waals surface area contributed by atoms with Gasteiger partial charge in [0.05, 0.1) is 39.7 Å². The van der Waals surface area contributed by atoms with Gasteiger partial charge in [0.15, 0.2) is 10.9 Å².